The van der Waals surface area contributed by atoms with Crippen molar-refractivity contribution in [1.29, 1.82) is 0 Å². The SMILES string of the molecule is COc1cccc(OC)c1C1CCC(=O)N1Cc1ccc(OCc2ccccc2)cc1.COc1cccc(OC)c1C1CCC(=O)N1Cc1ccc(Oc2nccs2)cc1. The number of amides is 2. The monoisotopic (exact) mass is 827 g/mol. The molecular formula is C48H49N3O8S. The van der Waals surface area contributed by atoms with Crippen molar-refractivity contribution in [3.05, 3.63) is 155 Å². The third kappa shape index (κ3) is 9.83. The Kier molecular flexibility index (Phi) is 13.8. The number of benzene rings is 5. The number of hydrogen-bond acceptors (Lipinski definition) is 10. The van der Waals surface area contributed by atoms with Gasteiger partial charge in [-0.3, -0.25) is 9.59 Å². The van der Waals surface area contributed by atoms with Crippen LogP contribution in [0.2, 0.25) is 0 Å². The predicted octanol–water partition coefficient (Wildman–Crippen LogP) is 9.96. The van der Waals surface area contributed by atoms with Crippen LogP contribution < -0.4 is 28.4 Å². The van der Waals surface area contributed by atoms with E-state index in [4.69, 9.17) is 28.4 Å². The minimum atomic E-state index is -0.0835. The zero-order valence-electron chi connectivity index (χ0n) is 34.2. The normalized spacial score (nSPS) is 15.9. The summed E-state index contributed by atoms with van der Waals surface area (Å²) in [5.74, 6) is 4.76. The first-order valence-corrected chi connectivity index (χ1v) is 20.7. The van der Waals surface area contributed by atoms with Gasteiger partial charge >= 0.3 is 0 Å². The highest BCUT2D eigenvalue weighted by atomic mass is 32.1. The Labute approximate surface area is 355 Å². The Hall–Kier alpha value is -6.53. The Balaban J connectivity index is 0.000000182. The lowest BCUT2D eigenvalue weighted by molar-refractivity contribution is -0.130. The predicted molar refractivity (Wildman–Crippen MR) is 230 cm³/mol. The lowest BCUT2D eigenvalue weighted by Gasteiger charge is -2.28. The maximum absolute atomic E-state index is 12.7. The van der Waals surface area contributed by atoms with Gasteiger partial charge in [0.2, 0.25) is 11.8 Å². The van der Waals surface area contributed by atoms with Gasteiger partial charge in [0.1, 0.15) is 41.1 Å². The van der Waals surface area contributed by atoms with Crippen molar-refractivity contribution in [3.8, 4) is 39.7 Å². The summed E-state index contributed by atoms with van der Waals surface area (Å²) in [5, 5.41) is 2.48. The van der Waals surface area contributed by atoms with Crippen molar-refractivity contribution in [2.24, 2.45) is 0 Å². The molecule has 6 aromatic rings. The van der Waals surface area contributed by atoms with E-state index in [1.54, 1.807) is 34.6 Å². The largest absolute Gasteiger partial charge is 0.496 e. The summed E-state index contributed by atoms with van der Waals surface area (Å²) >= 11 is 1.44. The van der Waals surface area contributed by atoms with Gasteiger partial charge in [0.15, 0.2) is 0 Å². The highest BCUT2D eigenvalue weighted by Crippen LogP contribution is 2.45. The minimum absolute atomic E-state index is 0.0763. The van der Waals surface area contributed by atoms with Crippen molar-refractivity contribution in [3.63, 3.8) is 0 Å². The Morgan fingerprint density at radius 2 is 1.03 bits per heavy atom. The van der Waals surface area contributed by atoms with Gasteiger partial charge in [-0.25, -0.2) is 4.98 Å². The van der Waals surface area contributed by atoms with Crippen LogP contribution in [0.4, 0.5) is 0 Å². The fourth-order valence-electron chi connectivity index (χ4n) is 7.73. The first kappa shape index (κ1) is 41.6. The van der Waals surface area contributed by atoms with Crippen LogP contribution in [0.3, 0.4) is 0 Å². The second kappa shape index (κ2) is 20.0. The van der Waals surface area contributed by atoms with Gasteiger partial charge in [-0.15, -0.1) is 0 Å². The topological polar surface area (TPSA) is 109 Å². The van der Waals surface area contributed by atoms with E-state index in [2.05, 4.69) is 4.98 Å². The molecule has 310 valence electrons. The number of likely N-dealkylation sites (tertiary alicyclic amines) is 2. The molecule has 2 amide bonds. The molecule has 12 heteroatoms. The standard InChI is InChI=1S/C26H27NO4.C22H22N2O4S/c1-29-23-9-6-10-24(30-2)26(23)22-15-16-25(28)27(22)17-19-11-13-21(14-12-19)31-18-20-7-4-3-5-8-20;1-26-18-4-3-5-19(27-2)21(18)17-10-11-20(25)24(17)14-15-6-8-16(9-7-15)28-22-23-12-13-29-22/h3-14,22H,15-18H2,1-2H3;3-9,12-13,17H,10-11,14H2,1-2H3. The summed E-state index contributed by atoms with van der Waals surface area (Å²) in [4.78, 5) is 33.3. The fraction of sp³-hybridized carbons (Fsp3) is 0.271. The molecule has 8 rings (SSSR count). The molecule has 11 nitrogen and oxygen atoms in total. The average molecular weight is 828 g/mol. The third-order valence-electron chi connectivity index (χ3n) is 10.7. The van der Waals surface area contributed by atoms with E-state index in [1.165, 1.54) is 11.3 Å². The smallest absolute Gasteiger partial charge is 0.278 e. The van der Waals surface area contributed by atoms with Gasteiger partial charge in [0.05, 0.1) is 51.6 Å². The Bertz CT molecular complexity index is 2280. The maximum atomic E-state index is 12.7. The minimum Gasteiger partial charge on any atom is -0.496 e. The van der Waals surface area contributed by atoms with E-state index in [0.717, 1.165) is 75.2 Å². The molecule has 0 N–H and O–H groups in total. The second-order valence-electron chi connectivity index (χ2n) is 14.3. The summed E-state index contributed by atoms with van der Waals surface area (Å²) in [5.41, 5.74) is 5.07. The molecule has 2 unspecified atom stereocenters. The first-order valence-electron chi connectivity index (χ1n) is 19.8. The summed E-state index contributed by atoms with van der Waals surface area (Å²) in [7, 11) is 6.57. The van der Waals surface area contributed by atoms with Crippen LogP contribution >= 0.6 is 11.3 Å². The van der Waals surface area contributed by atoms with E-state index >= 15 is 0 Å². The number of carbonyl (C=O) groups is 2. The van der Waals surface area contributed by atoms with Gasteiger partial charge in [-0.05, 0) is 78.1 Å². The number of rotatable bonds is 15. The molecule has 0 spiro atoms. The number of nitrogens with zero attached hydrogens (tertiary/aromatic N) is 3. The highest BCUT2D eigenvalue weighted by Gasteiger charge is 2.37. The van der Waals surface area contributed by atoms with Gasteiger partial charge < -0.3 is 38.2 Å². The number of thiazole rings is 1. The van der Waals surface area contributed by atoms with Gasteiger partial charge in [-0.1, -0.05) is 78.1 Å². The number of carbonyl (C=O) groups excluding carboxylic acids is 2. The Morgan fingerprint density at radius 1 is 0.567 bits per heavy atom. The van der Waals surface area contributed by atoms with Crippen LogP contribution in [0.1, 0.15) is 65.6 Å². The van der Waals surface area contributed by atoms with E-state index < -0.39 is 0 Å². The quantitative estimate of drug-likeness (QED) is 0.1000. The zero-order valence-corrected chi connectivity index (χ0v) is 35.1. The van der Waals surface area contributed by atoms with Crippen LogP contribution in [0.25, 0.3) is 0 Å². The third-order valence-corrected chi connectivity index (χ3v) is 11.3. The molecule has 0 saturated carbocycles. The number of aromatic nitrogens is 1. The van der Waals surface area contributed by atoms with Crippen LogP contribution in [-0.2, 0) is 29.3 Å². The van der Waals surface area contributed by atoms with Crippen LogP contribution in [-0.4, -0.2) is 55.0 Å². The first-order chi connectivity index (χ1) is 29.4. The van der Waals surface area contributed by atoms with Crippen molar-refractivity contribution in [2.45, 2.75) is 57.5 Å². The second-order valence-corrected chi connectivity index (χ2v) is 15.1. The lowest BCUT2D eigenvalue weighted by Crippen LogP contribution is -2.27. The van der Waals surface area contributed by atoms with Gasteiger partial charge in [-0.2, -0.15) is 0 Å². The van der Waals surface area contributed by atoms with Crippen LogP contribution in [0.5, 0.6) is 39.7 Å². The molecule has 5 aromatic carbocycles. The Morgan fingerprint density at radius 3 is 1.47 bits per heavy atom. The average Bonchev–Trinajstić information content (AvgIpc) is 4.04. The van der Waals surface area contributed by atoms with Crippen molar-refractivity contribution in [1.82, 2.24) is 14.8 Å². The molecule has 2 aliphatic heterocycles. The molecule has 1 aromatic heterocycles. The van der Waals surface area contributed by atoms with E-state index in [-0.39, 0.29) is 23.9 Å². The highest BCUT2D eigenvalue weighted by molar-refractivity contribution is 7.11. The molecule has 2 saturated heterocycles. The number of hydrogen-bond donors (Lipinski definition) is 0. The number of methoxy groups -OCH3 is 4. The van der Waals surface area contributed by atoms with Crippen LogP contribution in [0.15, 0.2) is 127 Å². The summed E-state index contributed by atoms with van der Waals surface area (Å²) < 4.78 is 33.9. The van der Waals surface area contributed by atoms with E-state index in [1.807, 2.05) is 130 Å². The lowest BCUT2D eigenvalue weighted by atomic mass is 10.0. The summed E-state index contributed by atoms with van der Waals surface area (Å²) in [6.45, 7) is 1.58. The van der Waals surface area contributed by atoms with E-state index in [9.17, 15) is 9.59 Å². The molecule has 0 bridgehead atoms. The fourth-order valence-corrected chi connectivity index (χ4v) is 8.23. The molecule has 2 aliphatic rings. The molecular weight excluding hydrogens is 779 g/mol. The van der Waals surface area contributed by atoms with E-state index in [0.29, 0.717) is 37.7 Å². The summed E-state index contributed by atoms with van der Waals surface area (Å²) in [6.07, 6.45) is 4.22. The molecule has 0 aliphatic carbocycles. The molecule has 2 atom stereocenters. The maximum Gasteiger partial charge on any atom is 0.278 e. The molecule has 2 fully saturated rings. The van der Waals surface area contributed by atoms with Crippen molar-refractivity contribution < 1.29 is 38.0 Å². The van der Waals surface area contributed by atoms with Crippen LogP contribution in [0, 0.1) is 0 Å². The molecule has 3 heterocycles. The summed E-state index contributed by atoms with van der Waals surface area (Å²) in [6, 6.07) is 37.0. The molecule has 0 radical (unpaired) electrons. The van der Waals surface area contributed by atoms with Gasteiger partial charge in [0, 0.05) is 37.5 Å². The molecule has 60 heavy (non-hydrogen) atoms. The van der Waals surface area contributed by atoms with Gasteiger partial charge in [0.25, 0.3) is 5.19 Å². The van der Waals surface area contributed by atoms with Crippen molar-refractivity contribution in [2.75, 3.05) is 28.4 Å². The van der Waals surface area contributed by atoms with Crippen molar-refractivity contribution >= 4 is 23.2 Å². The zero-order chi connectivity index (χ0) is 41.8. The number of ether oxygens (including phenoxy) is 6.